The molecule has 0 aliphatic heterocycles. The van der Waals surface area contributed by atoms with E-state index < -0.39 is 0 Å². The average molecular weight is 218 g/mol. The lowest BCUT2D eigenvalue weighted by molar-refractivity contribution is 0.0342. The summed E-state index contributed by atoms with van der Waals surface area (Å²) in [5.41, 5.74) is 2.38. The van der Waals surface area contributed by atoms with Gasteiger partial charge in [-0.2, -0.15) is 0 Å². The monoisotopic (exact) mass is 218 g/mol. The van der Waals surface area contributed by atoms with Gasteiger partial charge in [-0.3, -0.25) is 9.80 Å². The number of fused-ring (bicyclic) bond motifs is 1. The molecule has 1 amide bonds. The Labute approximate surface area is 93.7 Å². The number of aromatic nitrogens is 2. The maximum absolute atomic E-state index is 12.0. The molecular formula is C11H14N4O. The number of hydrogen-bond donors (Lipinski definition) is 1. The summed E-state index contributed by atoms with van der Waals surface area (Å²) < 4.78 is 0. The van der Waals surface area contributed by atoms with Gasteiger partial charge in [0.15, 0.2) is 0 Å². The van der Waals surface area contributed by atoms with Crippen LogP contribution in [-0.2, 0) is 0 Å². The largest absolute Gasteiger partial charge is 0.345 e. The van der Waals surface area contributed by atoms with E-state index in [0.717, 1.165) is 11.0 Å². The van der Waals surface area contributed by atoms with Gasteiger partial charge in [-0.1, -0.05) is 0 Å². The molecule has 1 heterocycles. The second kappa shape index (κ2) is 3.94. The third kappa shape index (κ3) is 1.77. The van der Waals surface area contributed by atoms with Crippen LogP contribution in [0.25, 0.3) is 11.0 Å². The number of aromatic amines is 1. The first kappa shape index (κ1) is 10.6. The quantitative estimate of drug-likeness (QED) is 0.768. The molecular weight excluding hydrogens is 204 g/mol. The van der Waals surface area contributed by atoms with Gasteiger partial charge in [-0.15, -0.1) is 0 Å². The van der Waals surface area contributed by atoms with Crippen LogP contribution < -0.4 is 0 Å². The number of nitrogens with one attached hydrogen (secondary N) is 1. The molecule has 5 heteroatoms. The van der Waals surface area contributed by atoms with Gasteiger partial charge >= 0.3 is 0 Å². The molecule has 5 nitrogen and oxygen atoms in total. The second-order valence-electron chi connectivity index (χ2n) is 3.81. The van der Waals surface area contributed by atoms with Crippen molar-refractivity contribution in [2.24, 2.45) is 0 Å². The molecule has 1 N–H and O–H groups in total. The number of carbonyl (C=O) groups is 1. The third-order valence-electron chi connectivity index (χ3n) is 2.56. The van der Waals surface area contributed by atoms with Gasteiger partial charge in [0.25, 0.3) is 5.91 Å². The summed E-state index contributed by atoms with van der Waals surface area (Å²) in [6.07, 6.45) is 1.62. The molecule has 0 unspecified atom stereocenters. The highest BCUT2D eigenvalue weighted by Crippen LogP contribution is 2.13. The SMILES string of the molecule is CN(C)N(C)C(=O)c1ccc2nc[nH]c2c1. The topological polar surface area (TPSA) is 52.2 Å². The highest BCUT2D eigenvalue weighted by Gasteiger charge is 2.13. The highest BCUT2D eigenvalue weighted by atomic mass is 16.2. The summed E-state index contributed by atoms with van der Waals surface area (Å²) in [6, 6.07) is 5.43. The minimum Gasteiger partial charge on any atom is -0.345 e. The fourth-order valence-electron chi connectivity index (χ4n) is 1.44. The molecule has 16 heavy (non-hydrogen) atoms. The molecule has 84 valence electrons. The molecule has 0 bridgehead atoms. The van der Waals surface area contributed by atoms with E-state index in [1.54, 1.807) is 29.5 Å². The molecule has 0 saturated heterocycles. The first-order valence-corrected chi connectivity index (χ1v) is 4.98. The van der Waals surface area contributed by atoms with Crippen molar-refractivity contribution in [3.05, 3.63) is 30.1 Å². The van der Waals surface area contributed by atoms with Gasteiger partial charge in [-0.05, 0) is 18.2 Å². The number of nitrogens with zero attached hydrogens (tertiary/aromatic N) is 3. The molecule has 2 aromatic rings. The van der Waals surface area contributed by atoms with Crippen molar-refractivity contribution in [2.75, 3.05) is 21.1 Å². The van der Waals surface area contributed by atoms with Gasteiger partial charge in [0, 0.05) is 26.7 Å². The van der Waals surface area contributed by atoms with Crippen molar-refractivity contribution < 1.29 is 4.79 Å². The number of carbonyl (C=O) groups excluding carboxylic acids is 1. The van der Waals surface area contributed by atoms with E-state index in [9.17, 15) is 4.79 Å². The zero-order valence-electron chi connectivity index (χ0n) is 9.56. The molecule has 0 aliphatic rings. The standard InChI is InChI=1S/C11H14N4O/c1-14(2)15(3)11(16)8-4-5-9-10(6-8)13-7-12-9/h4-7H,1-3H3,(H,12,13). The number of H-pyrrole nitrogens is 1. The van der Waals surface area contributed by atoms with Crippen molar-refractivity contribution in [2.45, 2.75) is 0 Å². The van der Waals surface area contributed by atoms with Crippen LogP contribution in [0.1, 0.15) is 10.4 Å². The second-order valence-corrected chi connectivity index (χ2v) is 3.81. The Hall–Kier alpha value is -1.88. The Bertz CT molecular complexity index is 517. The zero-order valence-corrected chi connectivity index (χ0v) is 9.56. The summed E-state index contributed by atoms with van der Waals surface area (Å²) in [7, 11) is 5.39. The van der Waals surface area contributed by atoms with Crippen molar-refractivity contribution in [1.82, 2.24) is 20.0 Å². The zero-order chi connectivity index (χ0) is 11.7. The predicted octanol–water partition coefficient (Wildman–Crippen LogP) is 1.11. The molecule has 2 rings (SSSR count). The third-order valence-corrected chi connectivity index (χ3v) is 2.56. The van der Waals surface area contributed by atoms with Gasteiger partial charge in [0.1, 0.15) is 0 Å². The summed E-state index contributed by atoms with van der Waals surface area (Å²) in [5.74, 6) is -0.0403. The number of imidazole rings is 1. The van der Waals surface area contributed by atoms with Gasteiger partial charge in [0.2, 0.25) is 0 Å². The number of benzene rings is 1. The van der Waals surface area contributed by atoms with Crippen LogP contribution in [-0.4, -0.2) is 47.0 Å². The Kier molecular flexibility index (Phi) is 2.62. The molecule has 0 fully saturated rings. The first-order chi connectivity index (χ1) is 7.59. The van der Waals surface area contributed by atoms with Crippen LogP contribution >= 0.6 is 0 Å². The normalized spacial score (nSPS) is 11.0. The Morgan fingerprint density at radius 2 is 2.06 bits per heavy atom. The van der Waals surface area contributed by atoms with Gasteiger partial charge in [0.05, 0.1) is 17.4 Å². The smallest absolute Gasteiger partial charge is 0.267 e. The molecule has 0 radical (unpaired) electrons. The van der Waals surface area contributed by atoms with Gasteiger partial charge in [-0.25, -0.2) is 9.99 Å². The summed E-state index contributed by atoms with van der Waals surface area (Å²) >= 11 is 0. The van der Waals surface area contributed by atoms with Crippen LogP contribution in [0.3, 0.4) is 0 Å². The molecule has 0 atom stereocenters. The van der Waals surface area contributed by atoms with Crippen LogP contribution in [0.4, 0.5) is 0 Å². The number of amides is 1. The Balaban J connectivity index is 2.36. The van der Waals surface area contributed by atoms with Crippen molar-refractivity contribution in [3.63, 3.8) is 0 Å². The lowest BCUT2D eigenvalue weighted by Crippen LogP contribution is -2.38. The predicted molar refractivity (Wildman–Crippen MR) is 61.9 cm³/mol. The Morgan fingerprint density at radius 1 is 1.31 bits per heavy atom. The van der Waals surface area contributed by atoms with Crippen LogP contribution in [0.5, 0.6) is 0 Å². The summed E-state index contributed by atoms with van der Waals surface area (Å²) in [4.78, 5) is 19.1. The fraction of sp³-hybridized carbons (Fsp3) is 0.273. The van der Waals surface area contributed by atoms with E-state index in [2.05, 4.69) is 9.97 Å². The average Bonchev–Trinajstić information content (AvgIpc) is 2.73. The number of rotatable bonds is 2. The number of hydrogen-bond acceptors (Lipinski definition) is 3. The van der Waals surface area contributed by atoms with E-state index in [0.29, 0.717) is 5.56 Å². The lowest BCUT2D eigenvalue weighted by atomic mass is 10.2. The van der Waals surface area contributed by atoms with E-state index >= 15 is 0 Å². The summed E-state index contributed by atoms with van der Waals surface area (Å²) in [5, 5.41) is 3.29. The molecule has 1 aromatic heterocycles. The lowest BCUT2D eigenvalue weighted by Gasteiger charge is -2.24. The van der Waals surface area contributed by atoms with E-state index in [1.807, 2.05) is 26.2 Å². The number of hydrazine groups is 1. The molecule has 0 aliphatic carbocycles. The Morgan fingerprint density at radius 3 is 2.75 bits per heavy atom. The van der Waals surface area contributed by atoms with E-state index in [1.165, 1.54) is 0 Å². The van der Waals surface area contributed by atoms with E-state index in [-0.39, 0.29) is 5.91 Å². The van der Waals surface area contributed by atoms with Gasteiger partial charge < -0.3 is 4.98 Å². The molecule has 0 spiro atoms. The maximum atomic E-state index is 12.0. The van der Waals surface area contributed by atoms with Crippen molar-refractivity contribution in [3.8, 4) is 0 Å². The van der Waals surface area contributed by atoms with Crippen LogP contribution in [0.15, 0.2) is 24.5 Å². The maximum Gasteiger partial charge on any atom is 0.267 e. The summed E-state index contributed by atoms with van der Waals surface area (Å²) in [6.45, 7) is 0. The molecule has 0 saturated carbocycles. The van der Waals surface area contributed by atoms with Crippen molar-refractivity contribution in [1.29, 1.82) is 0 Å². The first-order valence-electron chi connectivity index (χ1n) is 4.98. The highest BCUT2D eigenvalue weighted by molar-refractivity contribution is 5.96. The molecule has 1 aromatic carbocycles. The van der Waals surface area contributed by atoms with Crippen molar-refractivity contribution >= 4 is 16.9 Å². The fourth-order valence-corrected chi connectivity index (χ4v) is 1.44. The van der Waals surface area contributed by atoms with Crippen LogP contribution in [0.2, 0.25) is 0 Å². The minimum absolute atomic E-state index is 0.0403. The van der Waals surface area contributed by atoms with Crippen LogP contribution in [0, 0.1) is 0 Å². The minimum atomic E-state index is -0.0403. The van der Waals surface area contributed by atoms with E-state index in [4.69, 9.17) is 0 Å².